The van der Waals surface area contributed by atoms with Crippen LogP contribution in [0.25, 0.3) is 0 Å². The summed E-state index contributed by atoms with van der Waals surface area (Å²) in [6.45, 7) is 6.51. The number of para-hydroxylation sites is 1. The largest absolute Gasteiger partial charge is 0.480 e. The molecule has 4 aromatic rings. The lowest BCUT2D eigenvalue weighted by Gasteiger charge is -2.27. The van der Waals surface area contributed by atoms with Crippen LogP contribution < -0.4 is 10.6 Å². The zero-order valence-electron chi connectivity index (χ0n) is 27.8. The molecule has 10 heteroatoms. The van der Waals surface area contributed by atoms with E-state index in [0.717, 1.165) is 18.5 Å². The first-order valence-corrected chi connectivity index (χ1v) is 16.3. The van der Waals surface area contributed by atoms with Gasteiger partial charge in [-0.2, -0.15) is 0 Å². The number of hydrogen-bond acceptors (Lipinski definition) is 6. The number of nitrogens with zero attached hydrogens (tertiary/aromatic N) is 2. The van der Waals surface area contributed by atoms with Gasteiger partial charge in [0.2, 0.25) is 5.91 Å². The molecule has 4 aromatic carbocycles. The van der Waals surface area contributed by atoms with Crippen molar-refractivity contribution in [3.05, 3.63) is 137 Å². The molecule has 1 saturated heterocycles. The summed E-state index contributed by atoms with van der Waals surface area (Å²) < 4.78 is 19.4. The van der Waals surface area contributed by atoms with Crippen molar-refractivity contribution in [2.75, 3.05) is 11.9 Å². The highest BCUT2D eigenvalue weighted by Gasteiger charge is 2.34. The third kappa shape index (κ3) is 9.39. The number of amides is 2. The van der Waals surface area contributed by atoms with E-state index in [-0.39, 0.29) is 17.7 Å². The first-order chi connectivity index (χ1) is 23.5. The third-order valence-corrected chi connectivity index (χ3v) is 8.12. The normalized spacial score (nSPS) is 16.4. The number of benzene rings is 4. The summed E-state index contributed by atoms with van der Waals surface area (Å²) >= 11 is 0. The molecule has 2 amide bonds. The zero-order chi connectivity index (χ0) is 35.0. The van der Waals surface area contributed by atoms with Gasteiger partial charge in [-0.05, 0) is 69.5 Å². The van der Waals surface area contributed by atoms with Crippen LogP contribution >= 0.6 is 0 Å². The number of alkyl carbamates (subject to hydrolysis) is 1. The quantitative estimate of drug-likeness (QED) is 0.149. The molecule has 0 spiro atoms. The minimum atomic E-state index is -1.58. The van der Waals surface area contributed by atoms with E-state index in [1.54, 1.807) is 69.3 Å². The van der Waals surface area contributed by atoms with Gasteiger partial charge in [0.1, 0.15) is 11.4 Å². The minimum absolute atomic E-state index is 0.168. The molecule has 1 aliphatic heterocycles. The molecule has 3 atom stereocenters. The topological polar surface area (TPSA) is 120 Å². The van der Waals surface area contributed by atoms with Crippen LogP contribution in [0.3, 0.4) is 0 Å². The second-order valence-corrected chi connectivity index (χ2v) is 13.0. The SMILES string of the molecule is CC(C)(C)OC(=O)N[C@@H](c1ccc(F)cc1)[C@@H](N=C(c1ccccc1)c1ccccc1NC(=O)[C@H]1CCCN1Cc1ccccc1)C(=O)O. The van der Waals surface area contributed by atoms with Crippen LogP contribution in [-0.4, -0.2) is 57.9 Å². The number of rotatable bonds is 11. The Morgan fingerprint density at radius 3 is 2.20 bits per heavy atom. The number of aliphatic imine (C=N–C) groups is 1. The Labute approximate surface area is 285 Å². The molecule has 1 fully saturated rings. The van der Waals surface area contributed by atoms with Crippen molar-refractivity contribution in [1.29, 1.82) is 0 Å². The fourth-order valence-electron chi connectivity index (χ4n) is 5.90. The summed E-state index contributed by atoms with van der Waals surface area (Å²) in [6.07, 6.45) is 0.741. The Hall–Kier alpha value is -5.35. The Balaban J connectivity index is 1.53. The molecular formula is C39H41FN4O5. The molecule has 0 aromatic heterocycles. The van der Waals surface area contributed by atoms with Crippen molar-refractivity contribution in [3.8, 4) is 0 Å². The van der Waals surface area contributed by atoms with E-state index >= 15 is 0 Å². The number of aliphatic carboxylic acids is 1. The second-order valence-electron chi connectivity index (χ2n) is 13.0. The molecule has 49 heavy (non-hydrogen) atoms. The van der Waals surface area contributed by atoms with E-state index in [1.165, 1.54) is 24.3 Å². The molecule has 1 aliphatic rings. The van der Waals surface area contributed by atoms with Crippen LogP contribution in [0.5, 0.6) is 0 Å². The summed E-state index contributed by atoms with van der Waals surface area (Å²) in [5, 5.41) is 16.4. The Bertz CT molecular complexity index is 1770. The van der Waals surface area contributed by atoms with E-state index in [0.29, 0.717) is 35.3 Å². The zero-order valence-corrected chi connectivity index (χ0v) is 27.8. The molecule has 254 valence electrons. The first kappa shape index (κ1) is 35.0. The summed E-state index contributed by atoms with van der Waals surface area (Å²) in [7, 11) is 0. The van der Waals surface area contributed by atoms with E-state index in [4.69, 9.17) is 9.73 Å². The number of halogens is 1. The van der Waals surface area contributed by atoms with E-state index < -0.39 is 35.6 Å². The molecule has 0 unspecified atom stereocenters. The van der Waals surface area contributed by atoms with Crippen molar-refractivity contribution in [3.63, 3.8) is 0 Å². The van der Waals surface area contributed by atoms with Gasteiger partial charge in [-0.1, -0.05) is 91.0 Å². The number of ether oxygens (including phenoxy) is 1. The molecule has 0 aliphatic carbocycles. The van der Waals surface area contributed by atoms with E-state index in [9.17, 15) is 23.9 Å². The van der Waals surface area contributed by atoms with E-state index in [2.05, 4.69) is 15.5 Å². The van der Waals surface area contributed by atoms with Crippen molar-refractivity contribution >= 4 is 29.4 Å². The highest BCUT2D eigenvalue weighted by atomic mass is 19.1. The average molecular weight is 665 g/mol. The van der Waals surface area contributed by atoms with Crippen LogP contribution in [0.1, 0.15) is 61.9 Å². The van der Waals surface area contributed by atoms with Crippen molar-refractivity contribution in [2.24, 2.45) is 4.99 Å². The Morgan fingerprint density at radius 1 is 0.918 bits per heavy atom. The smallest absolute Gasteiger partial charge is 0.408 e. The second kappa shape index (κ2) is 15.7. The van der Waals surface area contributed by atoms with Gasteiger partial charge < -0.3 is 20.5 Å². The fraction of sp³-hybridized carbons (Fsp3) is 0.282. The number of carbonyl (C=O) groups excluding carboxylic acids is 2. The van der Waals surface area contributed by atoms with Crippen LogP contribution in [0.2, 0.25) is 0 Å². The van der Waals surface area contributed by atoms with Gasteiger partial charge in [-0.3, -0.25) is 14.7 Å². The van der Waals surface area contributed by atoms with Gasteiger partial charge >= 0.3 is 12.1 Å². The highest BCUT2D eigenvalue weighted by Crippen LogP contribution is 2.28. The van der Waals surface area contributed by atoms with Gasteiger partial charge in [0.15, 0.2) is 6.04 Å². The molecule has 1 heterocycles. The standard InChI is InChI=1S/C39H41FN4O5/c1-39(2,3)49-38(48)43-34(28-20-22-29(40)23-21-28)35(37(46)47)42-33(27-15-8-5-9-16-27)30-17-10-11-18-31(30)41-36(45)32-19-12-24-44(32)25-26-13-6-4-7-14-26/h4-11,13-18,20-23,32,34-35H,12,19,24-25H2,1-3H3,(H,41,45)(H,43,48)(H,46,47)/t32-,34+,35-/m1/s1. The first-order valence-electron chi connectivity index (χ1n) is 16.3. The summed E-state index contributed by atoms with van der Waals surface area (Å²) in [4.78, 5) is 46.8. The van der Waals surface area contributed by atoms with Crippen LogP contribution in [0.4, 0.5) is 14.9 Å². The summed E-state index contributed by atoms with van der Waals surface area (Å²) in [5.41, 5.74) is 2.42. The lowest BCUT2D eigenvalue weighted by Crippen LogP contribution is -2.42. The number of carbonyl (C=O) groups is 3. The Kier molecular flexibility index (Phi) is 11.2. The lowest BCUT2D eigenvalue weighted by atomic mass is 9.96. The van der Waals surface area contributed by atoms with Gasteiger partial charge in [0.05, 0.1) is 23.5 Å². The molecular weight excluding hydrogens is 623 g/mol. The number of hydrogen-bond donors (Lipinski definition) is 3. The van der Waals surface area contributed by atoms with Crippen LogP contribution in [0.15, 0.2) is 114 Å². The van der Waals surface area contributed by atoms with Crippen LogP contribution in [-0.2, 0) is 20.9 Å². The third-order valence-electron chi connectivity index (χ3n) is 8.12. The average Bonchev–Trinajstić information content (AvgIpc) is 3.53. The number of carboxylic acids is 1. The number of anilines is 1. The monoisotopic (exact) mass is 664 g/mol. The van der Waals surface area contributed by atoms with Crippen molar-refractivity contribution in [1.82, 2.24) is 10.2 Å². The fourth-order valence-corrected chi connectivity index (χ4v) is 5.90. The van der Waals surface area contributed by atoms with Gasteiger partial charge in [0, 0.05) is 17.7 Å². The minimum Gasteiger partial charge on any atom is -0.480 e. The van der Waals surface area contributed by atoms with E-state index in [1.807, 2.05) is 36.4 Å². The summed E-state index contributed by atoms with van der Waals surface area (Å²) in [6, 6.07) is 28.2. The van der Waals surface area contributed by atoms with Gasteiger partial charge in [0.25, 0.3) is 0 Å². The Morgan fingerprint density at radius 2 is 1.55 bits per heavy atom. The number of likely N-dealkylation sites (tertiary alicyclic amines) is 1. The molecule has 0 radical (unpaired) electrons. The lowest BCUT2D eigenvalue weighted by molar-refractivity contribution is -0.139. The van der Waals surface area contributed by atoms with Crippen molar-refractivity contribution in [2.45, 2.75) is 63.9 Å². The maximum atomic E-state index is 13.9. The number of nitrogens with one attached hydrogen (secondary N) is 2. The van der Waals surface area contributed by atoms with Gasteiger partial charge in [-0.15, -0.1) is 0 Å². The summed E-state index contributed by atoms with van der Waals surface area (Å²) in [5.74, 6) is -2.02. The molecule has 0 bridgehead atoms. The maximum Gasteiger partial charge on any atom is 0.408 e. The van der Waals surface area contributed by atoms with Gasteiger partial charge in [-0.25, -0.2) is 14.0 Å². The highest BCUT2D eigenvalue weighted by molar-refractivity contribution is 6.17. The van der Waals surface area contributed by atoms with Crippen LogP contribution in [0, 0.1) is 5.82 Å². The number of carboxylic acid groups (broad SMARTS) is 1. The molecule has 0 saturated carbocycles. The molecule has 9 nitrogen and oxygen atoms in total. The van der Waals surface area contributed by atoms with Crippen molar-refractivity contribution < 1.29 is 28.6 Å². The predicted octanol–water partition coefficient (Wildman–Crippen LogP) is 6.99. The molecule has 5 rings (SSSR count). The molecule has 3 N–H and O–H groups in total. The maximum absolute atomic E-state index is 13.9. The predicted molar refractivity (Wildman–Crippen MR) is 187 cm³/mol.